The smallest absolute Gasteiger partial charge is 0.309 e. The highest BCUT2D eigenvalue weighted by Gasteiger charge is 2.29. The molecule has 6 heteroatoms. The lowest BCUT2D eigenvalue weighted by atomic mass is 10.1. The highest BCUT2D eigenvalue weighted by molar-refractivity contribution is 5.53. The normalized spacial score (nSPS) is 22.9. The van der Waals surface area contributed by atoms with Crippen molar-refractivity contribution >= 4 is 6.08 Å². The Bertz CT molecular complexity index is 663. The molecule has 2 heterocycles. The first-order chi connectivity index (χ1) is 11.6. The van der Waals surface area contributed by atoms with Crippen molar-refractivity contribution in [1.82, 2.24) is 10.2 Å². The molecular formula is C18H23N3O3. The Morgan fingerprint density at radius 1 is 1.54 bits per heavy atom. The van der Waals surface area contributed by atoms with Gasteiger partial charge in [-0.2, -0.15) is 0 Å². The molecule has 1 atom stereocenters. The molecule has 1 aromatic rings. The van der Waals surface area contributed by atoms with Gasteiger partial charge >= 0.3 is 5.70 Å². The van der Waals surface area contributed by atoms with E-state index < -0.39 is 0 Å². The first-order valence-corrected chi connectivity index (χ1v) is 8.33. The number of nitrogens with zero attached hydrogens (tertiary/aromatic N) is 2. The molecule has 2 saturated heterocycles. The molecule has 6 nitrogen and oxygen atoms in total. The lowest BCUT2D eigenvalue weighted by Crippen LogP contribution is -2.29. The van der Waals surface area contributed by atoms with E-state index in [-0.39, 0.29) is 10.6 Å². The third-order valence-corrected chi connectivity index (χ3v) is 4.41. The number of hydrogen-bond donors (Lipinski definition) is 1. The Labute approximate surface area is 141 Å². The van der Waals surface area contributed by atoms with E-state index in [0.717, 1.165) is 50.4 Å². The van der Waals surface area contributed by atoms with Gasteiger partial charge in [-0.3, -0.25) is 10.1 Å². The van der Waals surface area contributed by atoms with Crippen LogP contribution in [0.5, 0.6) is 0 Å². The van der Waals surface area contributed by atoms with Crippen molar-refractivity contribution in [1.29, 1.82) is 0 Å². The van der Waals surface area contributed by atoms with Crippen LogP contribution in [-0.2, 0) is 4.74 Å². The van der Waals surface area contributed by atoms with Crippen LogP contribution in [-0.4, -0.2) is 42.7 Å². The second-order valence-corrected chi connectivity index (χ2v) is 6.34. The molecule has 2 aliphatic rings. The maximum atomic E-state index is 11.6. The van der Waals surface area contributed by atoms with Gasteiger partial charge in [0, 0.05) is 38.2 Å². The number of aryl methyl sites for hydroxylation is 1. The summed E-state index contributed by atoms with van der Waals surface area (Å²) >= 11 is 0. The molecule has 1 N–H and O–H groups in total. The lowest BCUT2D eigenvalue weighted by molar-refractivity contribution is -0.421. The minimum Gasteiger partial charge on any atom is -0.381 e. The summed E-state index contributed by atoms with van der Waals surface area (Å²) < 4.78 is 5.42. The third-order valence-electron chi connectivity index (χ3n) is 4.41. The van der Waals surface area contributed by atoms with Crippen molar-refractivity contribution in [2.24, 2.45) is 5.92 Å². The number of nitrogens with one attached hydrogen (secondary N) is 1. The van der Waals surface area contributed by atoms with Gasteiger partial charge in [0.25, 0.3) is 0 Å². The Morgan fingerprint density at radius 3 is 3.12 bits per heavy atom. The Balaban J connectivity index is 1.81. The van der Waals surface area contributed by atoms with Crippen LogP contribution in [0, 0.1) is 23.0 Å². The number of allylic oxidation sites excluding steroid dienone is 1. The molecule has 1 aromatic carbocycles. The Kier molecular flexibility index (Phi) is 5.15. The van der Waals surface area contributed by atoms with Crippen molar-refractivity contribution in [3.63, 3.8) is 0 Å². The highest BCUT2D eigenvalue weighted by atomic mass is 16.6. The van der Waals surface area contributed by atoms with Crippen LogP contribution in [0.25, 0.3) is 6.08 Å². The molecule has 0 radical (unpaired) electrons. The molecule has 3 rings (SSSR count). The van der Waals surface area contributed by atoms with Crippen LogP contribution in [0.4, 0.5) is 0 Å². The largest absolute Gasteiger partial charge is 0.381 e. The summed E-state index contributed by atoms with van der Waals surface area (Å²) in [6.45, 7) is 5.88. The van der Waals surface area contributed by atoms with Crippen LogP contribution in [0.3, 0.4) is 0 Å². The Morgan fingerprint density at radius 2 is 2.42 bits per heavy atom. The molecule has 128 valence electrons. The zero-order chi connectivity index (χ0) is 16.9. The summed E-state index contributed by atoms with van der Waals surface area (Å²) in [5.41, 5.74) is 2.21. The second kappa shape index (κ2) is 7.49. The number of rotatable bonds is 5. The summed E-state index contributed by atoms with van der Waals surface area (Å²) in [6, 6.07) is 7.91. The number of ether oxygens (including phenoxy) is 1. The summed E-state index contributed by atoms with van der Waals surface area (Å²) in [5.74, 6) is 1.07. The molecule has 24 heavy (non-hydrogen) atoms. The summed E-state index contributed by atoms with van der Waals surface area (Å²) in [5, 5.41) is 14.7. The maximum Gasteiger partial charge on any atom is 0.309 e. The molecule has 0 aliphatic carbocycles. The lowest BCUT2D eigenvalue weighted by Gasteiger charge is -2.21. The summed E-state index contributed by atoms with van der Waals surface area (Å²) in [7, 11) is 0. The van der Waals surface area contributed by atoms with Gasteiger partial charge in [-0.25, -0.2) is 0 Å². The van der Waals surface area contributed by atoms with Crippen LogP contribution in [0.15, 0.2) is 41.9 Å². The van der Waals surface area contributed by atoms with Gasteiger partial charge < -0.3 is 15.0 Å². The van der Waals surface area contributed by atoms with Crippen LogP contribution in [0.2, 0.25) is 0 Å². The monoisotopic (exact) mass is 329 g/mol. The molecule has 1 unspecified atom stereocenters. The molecule has 0 spiro atoms. The predicted octanol–water partition coefficient (Wildman–Crippen LogP) is 2.40. The molecule has 0 amide bonds. The van der Waals surface area contributed by atoms with Crippen molar-refractivity contribution < 1.29 is 9.66 Å². The zero-order valence-corrected chi connectivity index (χ0v) is 13.9. The number of hydrogen-bond acceptors (Lipinski definition) is 5. The van der Waals surface area contributed by atoms with Crippen LogP contribution >= 0.6 is 0 Å². The minimum atomic E-state index is -0.307. The fourth-order valence-electron chi connectivity index (χ4n) is 3.18. The minimum absolute atomic E-state index is 0.118. The molecule has 2 fully saturated rings. The van der Waals surface area contributed by atoms with Gasteiger partial charge in [0.2, 0.25) is 0 Å². The van der Waals surface area contributed by atoms with Gasteiger partial charge in [0.05, 0.1) is 11.5 Å². The summed E-state index contributed by atoms with van der Waals surface area (Å²) in [6.07, 6.45) is 4.42. The average Bonchev–Trinajstić information content (AvgIpc) is 3.20. The predicted molar refractivity (Wildman–Crippen MR) is 92.7 cm³/mol. The SMILES string of the molecule is Cc1cccc(/C=C/C(=C2/NCCN2CC2CCOC2)[N+](=O)[O-])c1. The molecule has 0 bridgehead atoms. The number of benzene rings is 1. The molecule has 0 saturated carbocycles. The average molecular weight is 329 g/mol. The molecule has 0 aromatic heterocycles. The van der Waals surface area contributed by atoms with Crippen LogP contribution < -0.4 is 5.32 Å². The zero-order valence-electron chi connectivity index (χ0n) is 13.9. The first kappa shape index (κ1) is 16.5. The van der Waals surface area contributed by atoms with Crippen LogP contribution in [0.1, 0.15) is 17.5 Å². The van der Waals surface area contributed by atoms with E-state index in [2.05, 4.69) is 10.2 Å². The van der Waals surface area contributed by atoms with E-state index in [1.807, 2.05) is 31.2 Å². The maximum absolute atomic E-state index is 11.6. The quantitative estimate of drug-likeness (QED) is 0.664. The second-order valence-electron chi connectivity index (χ2n) is 6.34. The van der Waals surface area contributed by atoms with Gasteiger partial charge in [-0.1, -0.05) is 29.8 Å². The van der Waals surface area contributed by atoms with Crippen molar-refractivity contribution in [3.8, 4) is 0 Å². The van der Waals surface area contributed by atoms with Gasteiger partial charge in [-0.15, -0.1) is 0 Å². The van der Waals surface area contributed by atoms with Gasteiger partial charge in [0.15, 0.2) is 5.82 Å². The van der Waals surface area contributed by atoms with E-state index in [0.29, 0.717) is 11.7 Å². The van der Waals surface area contributed by atoms with Crippen molar-refractivity contribution in [2.45, 2.75) is 13.3 Å². The Hall–Kier alpha value is -2.34. The molecule has 2 aliphatic heterocycles. The van der Waals surface area contributed by atoms with E-state index in [9.17, 15) is 10.1 Å². The first-order valence-electron chi connectivity index (χ1n) is 8.33. The fraction of sp³-hybridized carbons (Fsp3) is 0.444. The van der Waals surface area contributed by atoms with Gasteiger partial charge in [0.1, 0.15) is 0 Å². The van der Waals surface area contributed by atoms with E-state index in [4.69, 9.17) is 4.74 Å². The summed E-state index contributed by atoms with van der Waals surface area (Å²) in [4.78, 5) is 13.3. The van der Waals surface area contributed by atoms with E-state index >= 15 is 0 Å². The van der Waals surface area contributed by atoms with E-state index in [1.165, 1.54) is 0 Å². The standard InChI is InChI=1S/C18H23N3O3/c1-14-3-2-4-15(11-14)5-6-17(21(22)23)18-19-8-9-20(18)12-16-7-10-24-13-16/h2-6,11,16,19H,7-10,12-13H2,1H3/b6-5+,18-17+. The highest BCUT2D eigenvalue weighted by Crippen LogP contribution is 2.21. The fourth-order valence-corrected chi connectivity index (χ4v) is 3.18. The topological polar surface area (TPSA) is 67.6 Å². The van der Waals surface area contributed by atoms with Gasteiger partial charge in [-0.05, 0) is 25.0 Å². The van der Waals surface area contributed by atoms with Crippen molar-refractivity contribution in [3.05, 3.63) is 63.1 Å². The van der Waals surface area contributed by atoms with Crippen molar-refractivity contribution in [2.75, 3.05) is 32.8 Å². The molecular weight excluding hydrogens is 306 g/mol. The van der Waals surface area contributed by atoms with E-state index in [1.54, 1.807) is 12.2 Å². The third kappa shape index (κ3) is 3.94. The number of nitro groups is 1.